The lowest BCUT2D eigenvalue weighted by Gasteiger charge is -2.46. The average molecular weight is 1740 g/mol. The number of benzene rings is 19. The molecule has 0 radical (unpaired) electrons. The van der Waals surface area contributed by atoms with Gasteiger partial charge in [0.2, 0.25) is 0 Å². The molecular weight excluding hydrogens is 1630 g/mol. The van der Waals surface area contributed by atoms with Gasteiger partial charge in [-0.15, -0.1) is 0 Å². The van der Waals surface area contributed by atoms with Crippen LogP contribution in [0.3, 0.4) is 0 Å². The van der Waals surface area contributed by atoms with Crippen molar-refractivity contribution in [3.63, 3.8) is 0 Å². The number of rotatable bonds is 14. The molecule has 5 heteroatoms. The summed E-state index contributed by atoms with van der Waals surface area (Å²) in [4.78, 5) is 5.57. The van der Waals surface area contributed by atoms with Crippen molar-refractivity contribution < 1.29 is 0 Å². The summed E-state index contributed by atoms with van der Waals surface area (Å²) >= 11 is 0. The summed E-state index contributed by atoms with van der Waals surface area (Å²) in [5, 5.41) is 4.81. The van der Waals surface area contributed by atoms with E-state index in [9.17, 15) is 0 Å². The minimum absolute atomic E-state index is 0.230. The van der Waals surface area contributed by atoms with Crippen molar-refractivity contribution in [3.05, 3.63) is 453 Å². The van der Waals surface area contributed by atoms with Crippen molar-refractivity contribution in [1.29, 1.82) is 0 Å². The van der Waals surface area contributed by atoms with Gasteiger partial charge in [-0.2, -0.15) is 0 Å². The van der Waals surface area contributed by atoms with E-state index in [0.717, 1.165) is 145 Å². The number of fused-ring (bicyclic) bond motifs is 10. The van der Waals surface area contributed by atoms with Gasteiger partial charge in [-0.25, -0.2) is 0 Å². The Morgan fingerprint density at radius 3 is 0.815 bits per heavy atom. The lowest BCUT2D eigenvalue weighted by atomic mass is 9.33. The van der Waals surface area contributed by atoms with E-state index < -0.39 is 0 Å². The third kappa shape index (κ3) is 14.9. The van der Waals surface area contributed by atoms with Gasteiger partial charge in [0.15, 0.2) is 0 Å². The summed E-state index contributed by atoms with van der Waals surface area (Å²) < 4.78 is 5.08. The van der Waals surface area contributed by atoms with Gasteiger partial charge in [-0.1, -0.05) is 399 Å². The van der Waals surface area contributed by atoms with Crippen LogP contribution in [-0.4, -0.2) is 15.8 Å². The van der Waals surface area contributed by atoms with Crippen LogP contribution in [0.2, 0.25) is 0 Å². The highest BCUT2D eigenvalue weighted by Gasteiger charge is 2.47. The second-order valence-corrected chi connectivity index (χ2v) is 41.3. The van der Waals surface area contributed by atoms with Crippen molar-refractivity contribution in [3.8, 4) is 123 Å². The van der Waals surface area contributed by atoms with E-state index in [1.807, 2.05) is 0 Å². The molecular formula is C130H107BN4. The van der Waals surface area contributed by atoms with Crippen LogP contribution >= 0.6 is 0 Å². The van der Waals surface area contributed by atoms with Gasteiger partial charge < -0.3 is 18.9 Å². The molecule has 650 valence electrons. The maximum atomic E-state index is 2.79. The summed E-state index contributed by atoms with van der Waals surface area (Å²) in [6.45, 7) is 28.2. The summed E-state index contributed by atoms with van der Waals surface area (Å²) in [6, 6.07) is 165. The van der Waals surface area contributed by atoms with E-state index >= 15 is 0 Å². The quantitative estimate of drug-likeness (QED) is 0.101. The molecule has 0 amide bonds. The van der Waals surface area contributed by atoms with Crippen LogP contribution in [0.4, 0.5) is 34.1 Å². The Morgan fingerprint density at radius 1 is 0.178 bits per heavy atom. The first kappa shape index (κ1) is 83.8. The van der Waals surface area contributed by atoms with E-state index in [1.165, 1.54) is 93.6 Å². The van der Waals surface area contributed by atoms with Crippen LogP contribution in [0, 0.1) is 0 Å². The van der Waals surface area contributed by atoms with Crippen molar-refractivity contribution in [2.75, 3.05) is 9.80 Å². The number of hydrogen-bond donors (Lipinski definition) is 0. The highest BCUT2D eigenvalue weighted by atomic mass is 15.2. The minimum atomic E-state index is -0.365. The Kier molecular flexibility index (Phi) is 20.3. The number of para-hydroxylation sites is 3. The molecule has 2 aromatic heterocycles. The molecule has 0 bridgehead atoms. The topological polar surface area (TPSA) is 16.3 Å². The number of nitrogens with zero attached hydrogens (tertiary/aromatic N) is 4. The fourth-order valence-corrected chi connectivity index (χ4v) is 21.3. The lowest BCUT2D eigenvalue weighted by molar-refractivity contribution is 0.569. The highest BCUT2D eigenvalue weighted by molar-refractivity contribution is 7.00. The Labute approximate surface area is 794 Å². The van der Waals surface area contributed by atoms with Crippen molar-refractivity contribution >= 4 is 101 Å². The van der Waals surface area contributed by atoms with Gasteiger partial charge in [-0.05, 0) is 265 Å². The molecule has 4 nitrogen and oxygen atoms in total. The molecule has 2 aliphatic rings. The molecule has 0 atom stereocenters. The second kappa shape index (κ2) is 32.7. The fraction of sp³-hybridized carbons (Fsp3) is 0.123. The SMILES string of the molecule is CC(C)(C)c1cc(-c2cc3c4c(c2)N(c2c(-c5ccccc5)cc(C(C)(C)C)cc2-c2cccc(-c5cccc(-c6ccccc6)c5)c2)c2cc(-n5c6ccccc6c6cc(-c7ccccc7)ccc65)ccc2B4c2ccc(-n4c5ccccc5c5ccccc54)cc2N3c2c(-c3ccccc3)cc(C(C)(C)C)cc2-c2cccc(-c3cccc(-c4ccccc4)c3)c2)cc(C(C)(C)C)c1. The van der Waals surface area contributed by atoms with Crippen LogP contribution in [0.5, 0.6) is 0 Å². The van der Waals surface area contributed by atoms with E-state index in [0.29, 0.717) is 0 Å². The maximum absolute atomic E-state index is 2.79. The summed E-state index contributed by atoms with van der Waals surface area (Å²) in [7, 11) is 0. The smallest absolute Gasteiger partial charge is 0.252 e. The number of anilines is 6. The predicted molar refractivity (Wildman–Crippen MR) is 578 cm³/mol. The fourth-order valence-electron chi connectivity index (χ4n) is 21.3. The van der Waals surface area contributed by atoms with Crippen molar-refractivity contribution in [2.45, 2.75) is 105 Å². The van der Waals surface area contributed by atoms with E-state index in [1.54, 1.807) is 0 Å². The summed E-state index contributed by atoms with van der Waals surface area (Å²) in [5.41, 5.74) is 43.7. The zero-order chi connectivity index (χ0) is 91.9. The standard InChI is InChI=1S/C130H107BN4/c1-127(2,3)100-72-98(73-101(77-100)128(4,5)6)99-75-122-124-123(76-99)135(126-110(88-46-26-17-27-47-88)79-103(130(10,11)12)81-112(126)97-55-37-53-94(71-97)92-51-35-49-90(69-92)85-40-20-14-21-41-85)121-83-105(133-118-61-33-30-58-108(118)113-74-95(62-67-119(113)133)86-42-22-15-23-43-86)64-66-115(121)131(124)114-65-63-104(132-116-59-31-28-56-106(116)107-57-29-32-60-117(107)132)82-120(114)134(122)125-109(87-44-24-16-25-45-87)78-102(129(7,8)9)80-111(125)96-54-36-52-93(70-96)91-50-34-48-89(68-91)84-38-18-13-19-39-84/h13-83H,1-12H3. The van der Waals surface area contributed by atoms with Crippen LogP contribution < -0.4 is 26.2 Å². The van der Waals surface area contributed by atoms with Gasteiger partial charge in [0, 0.05) is 77.9 Å². The third-order valence-electron chi connectivity index (χ3n) is 28.4. The monoisotopic (exact) mass is 1730 g/mol. The first-order chi connectivity index (χ1) is 65.5. The largest absolute Gasteiger partial charge is 0.310 e. The molecule has 19 aromatic carbocycles. The molecule has 0 spiro atoms. The van der Waals surface area contributed by atoms with Gasteiger partial charge in [-0.3, -0.25) is 0 Å². The predicted octanol–water partition coefficient (Wildman–Crippen LogP) is 33.8. The van der Waals surface area contributed by atoms with Gasteiger partial charge in [0.25, 0.3) is 6.71 Å². The molecule has 0 fully saturated rings. The van der Waals surface area contributed by atoms with Gasteiger partial charge in [0.05, 0.1) is 33.4 Å². The Hall–Kier alpha value is -15.6. The van der Waals surface area contributed by atoms with E-state index in [-0.39, 0.29) is 28.4 Å². The normalized spacial score (nSPS) is 12.7. The Balaban J connectivity index is 0.901. The number of hydrogen-bond acceptors (Lipinski definition) is 2. The average Bonchev–Trinajstić information content (AvgIpc) is 0.831. The van der Waals surface area contributed by atoms with Crippen LogP contribution in [0.25, 0.3) is 166 Å². The molecule has 0 aliphatic carbocycles. The highest BCUT2D eigenvalue weighted by Crippen LogP contribution is 2.57. The minimum Gasteiger partial charge on any atom is -0.310 e. The molecule has 135 heavy (non-hydrogen) atoms. The van der Waals surface area contributed by atoms with Crippen LogP contribution in [-0.2, 0) is 21.7 Å². The van der Waals surface area contributed by atoms with Gasteiger partial charge >= 0.3 is 0 Å². The Morgan fingerprint density at radius 2 is 0.452 bits per heavy atom. The van der Waals surface area contributed by atoms with Gasteiger partial charge in [0.1, 0.15) is 0 Å². The molecule has 0 saturated heterocycles. The molecule has 23 rings (SSSR count). The summed E-state index contributed by atoms with van der Waals surface area (Å²) in [5.74, 6) is 0. The zero-order valence-electron chi connectivity index (χ0n) is 78.9. The molecule has 21 aromatic rings. The zero-order valence-corrected chi connectivity index (χ0v) is 78.9. The van der Waals surface area contributed by atoms with Crippen molar-refractivity contribution in [2.24, 2.45) is 0 Å². The van der Waals surface area contributed by atoms with Crippen molar-refractivity contribution in [1.82, 2.24) is 9.13 Å². The van der Waals surface area contributed by atoms with Crippen LogP contribution in [0.1, 0.15) is 105 Å². The van der Waals surface area contributed by atoms with Crippen LogP contribution in [0.15, 0.2) is 431 Å². The third-order valence-corrected chi connectivity index (χ3v) is 28.4. The Bertz CT molecular complexity index is 8150. The number of aromatic nitrogens is 2. The molecule has 0 N–H and O–H groups in total. The van der Waals surface area contributed by atoms with E-state index in [2.05, 4.69) is 533 Å². The molecule has 0 saturated carbocycles. The maximum Gasteiger partial charge on any atom is 0.252 e. The van der Waals surface area contributed by atoms with E-state index in [4.69, 9.17) is 0 Å². The molecule has 2 aliphatic heterocycles. The first-order valence-electron chi connectivity index (χ1n) is 47.8. The first-order valence-corrected chi connectivity index (χ1v) is 47.8. The lowest BCUT2D eigenvalue weighted by Crippen LogP contribution is -2.61. The second-order valence-electron chi connectivity index (χ2n) is 41.3. The molecule has 4 heterocycles. The summed E-state index contributed by atoms with van der Waals surface area (Å²) in [6.07, 6.45) is 0. The molecule has 0 unspecified atom stereocenters.